The van der Waals surface area contributed by atoms with Crippen LogP contribution in [0.5, 0.6) is 0 Å². The highest BCUT2D eigenvalue weighted by Gasteiger charge is 2.00. The second kappa shape index (κ2) is 3.85. The van der Waals surface area contributed by atoms with E-state index >= 15 is 0 Å². The number of carbonyl (C=O) groups excluding carboxylic acids is 1. The Balaban J connectivity index is 2.63. The molecule has 1 rings (SSSR count). The van der Waals surface area contributed by atoms with Crippen molar-refractivity contribution in [1.82, 2.24) is 4.98 Å². The van der Waals surface area contributed by atoms with E-state index in [0.717, 1.165) is 5.56 Å². The molecule has 1 heterocycles. The minimum absolute atomic E-state index is 0.179. The summed E-state index contributed by atoms with van der Waals surface area (Å²) in [7, 11) is 0. The summed E-state index contributed by atoms with van der Waals surface area (Å²) in [5.74, 6) is 0.706. The first-order valence-electron chi connectivity index (χ1n) is 3.89. The number of hydrogen-bond donors (Lipinski definition) is 1. The Hall–Kier alpha value is -1.38. The fourth-order valence-electron chi connectivity index (χ4n) is 0.973. The molecular weight excluding hydrogens is 152 g/mol. The quantitative estimate of drug-likeness (QED) is 0.730. The maximum Gasteiger partial charge on any atom is 0.130 e. The Bertz CT molecular complexity index is 284. The number of aryl methyl sites for hydroxylation is 1. The molecule has 12 heavy (non-hydrogen) atoms. The monoisotopic (exact) mass is 164 g/mol. The van der Waals surface area contributed by atoms with Crippen LogP contribution in [-0.4, -0.2) is 10.8 Å². The number of aromatic nitrogens is 1. The van der Waals surface area contributed by atoms with Gasteiger partial charge in [0.2, 0.25) is 0 Å². The van der Waals surface area contributed by atoms with Crippen LogP contribution < -0.4 is 5.73 Å². The van der Waals surface area contributed by atoms with Gasteiger partial charge in [-0.1, -0.05) is 6.07 Å². The molecule has 0 radical (unpaired) electrons. The Kier molecular flexibility index (Phi) is 2.80. The van der Waals surface area contributed by atoms with Crippen molar-refractivity contribution < 1.29 is 4.79 Å². The van der Waals surface area contributed by atoms with Gasteiger partial charge >= 0.3 is 0 Å². The molecule has 0 bridgehead atoms. The molecule has 0 amide bonds. The molecule has 0 saturated heterocycles. The third-order valence-electron chi connectivity index (χ3n) is 1.67. The van der Waals surface area contributed by atoms with Gasteiger partial charge in [-0.2, -0.15) is 0 Å². The summed E-state index contributed by atoms with van der Waals surface area (Å²) in [4.78, 5) is 14.6. The van der Waals surface area contributed by atoms with Gasteiger partial charge in [-0.25, -0.2) is 4.98 Å². The highest BCUT2D eigenvalue weighted by Crippen LogP contribution is 2.09. The van der Waals surface area contributed by atoms with E-state index in [4.69, 9.17) is 5.73 Å². The minimum Gasteiger partial charge on any atom is -0.383 e. The lowest BCUT2D eigenvalue weighted by atomic mass is 10.1. The van der Waals surface area contributed by atoms with Gasteiger partial charge < -0.3 is 10.5 Å². The van der Waals surface area contributed by atoms with E-state index in [1.54, 1.807) is 13.1 Å². The Morgan fingerprint density at radius 2 is 2.42 bits per heavy atom. The molecule has 2 N–H and O–H groups in total. The van der Waals surface area contributed by atoms with Crippen molar-refractivity contribution in [2.45, 2.75) is 19.8 Å². The fraction of sp³-hybridized carbons (Fsp3) is 0.333. The second-order valence-corrected chi connectivity index (χ2v) is 2.75. The van der Waals surface area contributed by atoms with E-state index in [1.165, 1.54) is 0 Å². The number of rotatable bonds is 3. The van der Waals surface area contributed by atoms with Crippen molar-refractivity contribution in [2.24, 2.45) is 0 Å². The predicted octanol–water partition coefficient (Wildman–Crippen LogP) is 1.19. The van der Waals surface area contributed by atoms with Crippen LogP contribution in [-0.2, 0) is 11.2 Å². The molecule has 1 aromatic heterocycles. The minimum atomic E-state index is 0.179. The highest BCUT2D eigenvalue weighted by molar-refractivity contribution is 5.75. The first-order chi connectivity index (χ1) is 5.70. The molecule has 0 aliphatic heterocycles. The Morgan fingerprint density at radius 3 is 3.00 bits per heavy atom. The molecule has 3 nitrogen and oxygen atoms in total. The van der Waals surface area contributed by atoms with Crippen LogP contribution >= 0.6 is 0 Å². The van der Waals surface area contributed by atoms with Crippen molar-refractivity contribution in [1.29, 1.82) is 0 Å². The average molecular weight is 164 g/mol. The smallest absolute Gasteiger partial charge is 0.130 e. The van der Waals surface area contributed by atoms with Crippen LogP contribution in [0.15, 0.2) is 18.3 Å². The number of ketones is 1. The average Bonchev–Trinajstić information content (AvgIpc) is 2.03. The molecule has 3 heteroatoms. The number of nitrogen functional groups attached to an aromatic ring is 1. The molecule has 0 aromatic carbocycles. The summed E-state index contributed by atoms with van der Waals surface area (Å²) in [6.07, 6.45) is 2.87. The summed E-state index contributed by atoms with van der Waals surface area (Å²) < 4.78 is 0. The number of anilines is 1. The fourth-order valence-corrected chi connectivity index (χ4v) is 0.973. The van der Waals surface area contributed by atoms with Crippen molar-refractivity contribution in [3.63, 3.8) is 0 Å². The molecule has 0 spiro atoms. The summed E-state index contributed by atoms with van der Waals surface area (Å²) >= 11 is 0. The highest BCUT2D eigenvalue weighted by atomic mass is 16.1. The van der Waals surface area contributed by atoms with Gasteiger partial charge in [-0.15, -0.1) is 0 Å². The normalized spacial score (nSPS) is 9.75. The van der Waals surface area contributed by atoms with Crippen molar-refractivity contribution >= 4 is 11.6 Å². The van der Waals surface area contributed by atoms with Crippen LogP contribution in [0.25, 0.3) is 0 Å². The first kappa shape index (κ1) is 8.71. The molecule has 0 atom stereocenters. The molecule has 0 saturated carbocycles. The number of Topliss-reactive ketones (excluding diaryl/α,β-unsaturated/α-hetero) is 1. The molecule has 0 aliphatic carbocycles. The Morgan fingerprint density at radius 1 is 1.67 bits per heavy atom. The second-order valence-electron chi connectivity index (χ2n) is 2.75. The van der Waals surface area contributed by atoms with Crippen LogP contribution in [0.4, 0.5) is 5.82 Å². The molecule has 0 fully saturated rings. The third kappa shape index (κ3) is 2.34. The summed E-state index contributed by atoms with van der Waals surface area (Å²) in [6.45, 7) is 1.58. The maximum absolute atomic E-state index is 10.7. The first-order valence-corrected chi connectivity index (χ1v) is 3.89. The number of hydrogen-bond acceptors (Lipinski definition) is 3. The molecular formula is C9H12N2O. The van der Waals surface area contributed by atoms with E-state index < -0.39 is 0 Å². The van der Waals surface area contributed by atoms with Gasteiger partial charge in [-0.05, 0) is 25.0 Å². The van der Waals surface area contributed by atoms with Crippen LogP contribution in [0, 0.1) is 0 Å². The molecule has 0 unspecified atom stereocenters. The lowest BCUT2D eigenvalue weighted by Gasteiger charge is -2.01. The summed E-state index contributed by atoms with van der Waals surface area (Å²) in [6, 6.07) is 3.72. The molecule has 1 aromatic rings. The van der Waals surface area contributed by atoms with Crippen molar-refractivity contribution in [3.8, 4) is 0 Å². The number of pyridine rings is 1. The lowest BCUT2D eigenvalue weighted by molar-refractivity contribution is -0.116. The predicted molar refractivity (Wildman–Crippen MR) is 47.7 cm³/mol. The van der Waals surface area contributed by atoms with Gasteiger partial charge in [0, 0.05) is 12.6 Å². The third-order valence-corrected chi connectivity index (χ3v) is 1.67. The van der Waals surface area contributed by atoms with Crippen molar-refractivity contribution in [3.05, 3.63) is 23.9 Å². The standard InChI is InChI=1S/C9H12N2O/c1-7(12)4-5-8-3-2-6-11-9(8)10/h2-3,6H,4-5H2,1H3,(H2,10,11). The Labute approximate surface area is 71.6 Å². The molecule has 0 aliphatic rings. The van der Waals surface area contributed by atoms with E-state index in [1.807, 2.05) is 12.1 Å². The topological polar surface area (TPSA) is 56.0 Å². The van der Waals surface area contributed by atoms with Crippen molar-refractivity contribution in [2.75, 3.05) is 5.73 Å². The zero-order valence-corrected chi connectivity index (χ0v) is 7.08. The number of carbonyl (C=O) groups is 1. The molecule has 64 valence electrons. The van der Waals surface area contributed by atoms with Crippen LogP contribution in [0.1, 0.15) is 18.9 Å². The number of nitrogens with zero attached hydrogens (tertiary/aromatic N) is 1. The van der Waals surface area contributed by atoms with Gasteiger partial charge in [0.05, 0.1) is 0 Å². The largest absolute Gasteiger partial charge is 0.383 e. The SMILES string of the molecule is CC(=O)CCc1cccnc1N. The van der Waals surface area contributed by atoms with Gasteiger partial charge in [0.25, 0.3) is 0 Å². The zero-order valence-electron chi connectivity index (χ0n) is 7.08. The van der Waals surface area contributed by atoms with Crippen LogP contribution in [0.3, 0.4) is 0 Å². The van der Waals surface area contributed by atoms with E-state index in [-0.39, 0.29) is 5.78 Å². The summed E-state index contributed by atoms with van der Waals surface area (Å²) in [5.41, 5.74) is 6.54. The van der Waals surface area contributed by atoms with E-state index in [0.29, 0.717) is 18.7 Å². The summed E-state index contributed by atoms with van der Waals surface area (Å²) in [5, 5.41) is 0. The maximum atomic E-state index is 10.7. The van der Waals surface area contributed by atoms with Crippen LogP contribution in [0.2, 0.25) is 0 Å². The number of nitrogens with two attached hydrogens (primary N) is 1. The van der Waals surface area contributed by atoms with Gasteiger partial charge in [-0.3, -0.25) is 0 Å². The van der Waals surface area contributed by atoms with E-state index in [2.05, 4.69) is 4.98 Å². The van der Waals surface area contributed by atoms with Gasteiger partial charge in [0.15, 0.2) is 0 Å². The lowest BCUT2D eigenvalue weighted by Crippen LogP contribution is -1.99. The van der Waals surface area contributed by atoms with Gasteiger partial charge in [0.1, 0.15) is 11.6 Å². The zero-order chi connectivity index (χ0) is 8.97. The van der Waals surface area contributed by atoms with E-state index in [9.17, 15) is 4.79 Å².